The largest absolute Gasteiger partial charge is 0.338 e. The number of hydrogen-bond donors (Lipinski definition) is 1. The molecule has 5 heteroatoms. The summed E-state index contributed by atoms with van der Waals surface area (Å²) in [6, 6.07) is 7.44. The van der Waals surface area contributed by atoms with Gasteiger partial charge >= 0.3 is 0 Å². The zero-order valence-electron chi connectivity index (χ0n) is 11.3. The first-order valence-electron chi connectivity index (χ1n) is 6.95. The normalized spacial score (nSPS) is 28.7. The number of carbonyl (C=O) groups excluding carboxylic acids is 1. The molecule has 1 saturated heterocycles. The molecule has 1 aromatic rings. The molecule has 3 nitrogen and oxygen atoms in total. The lowest BCUT2D eigenvalue weighted by Crippen LogP contribution is -2.38. The van der Waals surface area contributed by atoms with Crippen molar-refractivity contribution in [2.24, 2.45) is 17.6 Å². The average molecular weight is 315 g/mol. The zero-order valence-corrected chi connectivity index (χ0v) is 12.9. The lowest BCUT2D eigenvalue weighted by molar-refractivity contribution is 0.0783. The van der Waals surface area contributed by atoms with Crippen LogP contribution in [0.3, 0.4) is 0 Å². The number of nitrogens with zero attached hydrogens (tertiary/aromatic N) is 1. The fraction of sp³-hybridized carbons (Fsp3) is 0.533. The SMILES string of the molecule is Cl.NC1CCCC2CN(C(=O)c3cccc(Cl)c3)CC12. The smallest absolute Gasteiger partial charge is 0.253 e. The second-order valence-corrected chi connectivity index (χ2v) is 6.18. The third-order valence-electron chi connectivity index (χ3n) is 4.51. The highest BCUT2D eigenvalue weighted by atomic mass is 35.5. The van der Waals surface area contributed by atoms with Gasteiger partial charge in [0, 0.05) is 29.7 Å². The van der Waals surface area contributed by atoms with Gasteiger partial charge in [-0.05, 0) is 42.9 Å². The van der Waals surface area contributed by atoms with Crippen molar-refractivity contribution in [3.05, 3.63) is 34.9 Å². The quantitative estimate of drug-likeness (QED) is 0.866. The van der Waals surface area contributed by atoms with Crippen LogP contribution in [0, 0.1) is 11.8 Å². The van der Waals surface area contributed by atoms with Crippen LogP contribution in [0.1, 0.15) is 29.6 Å². The summed E-state index contributed by atoms with van der Waals surface area (Å²) in [6.45, 7) is 1.65. The van der Waals surface area contributed by atoms with Gasteiger partial charge in [0.1, 0.15) is 0 Å². The predicted octanol–water partition coefficient (Wildman–Crippen LogP) is 2.96. The Kier molecular flexibility index (Phi) is 4.95. The second kappa shape index (κ2) is 6.33. The van der Waals surface area contributed by atoms with Crippen molar-refractivity contribution in [3.63, 3.8) is 0 Å². The molecule has 3 rings (SSSR count). The van der Waals surface area contributed by atoms with Gasteiger partial charge in [-0.3, -0.25) is 4.79 Å². The van der Waals surface area contributed by atoms with Crippen LogP contribution in [0.4, 0.5) is 0 Å². The van der Waals surface area contributed by atoms with E-state index in [0.717, 1.165) is 19.5 Å². The molecule has 3 atom stereocenters. The van der Waals surface area contributed by atoms with E-state index in [0.29, 0.717) is 22.4 Å². The van der Waals surface area contributed by atoms with E-state index < -0.39 is 0 Å². The Balaban J connectivity index is 0.00000147. The van der Waals surface area contributed by atoms with E-state index in [9.17, 15) is 4.79 Å². The molecule has 0 aromatic heterocycles. The van der Waals surface area contributed by atoms with Gasteiger partial charge < -0.3 is 10.6 Å². The third kappa shape index (κ3) is 2.95. The van der Waals surface area contributed by atoms with Crippen molar-refractivity contribution in [1.29, 1.82) is 0 Å². The Morgan fingerprint density at radius 2 is 2.10 bits per heavy atom. The van der Waals surface area contributed by atoms with Gasteiger partial charge in [-0.1, -0.05) is 24.1 Å². The molecule has 0 radical (unpaired) electrons. The molecule has 1 aliphatic heterocycles. The molecular weight excluding hydrogens is 295 g/mol. The first-order chi connectivity index (χ1) is 9.15. The van der Waals surface area contributed by atoms with Crippen LogP contribution in [0.5, 0.6) is 0 Å². The summed E-state index contributed by atoms with van der Waals surface area (Å²) in [4.78, 5) is 14.4. The number of hydrogen-bond acceptors (Lipinski definition) is 2. The second-order valence-electron chi connectivity index (χ2n) is 5.74. The van der Waals surface area contributed by atoms with Gasteiger partial charge in [0.05, 0.1) is 0 Å². The molecule has 0 bridgehead atoms. The molecule has 1 aromatic carbocycles. The predicted molar refractivity (Wildman–Crippen MR) is 83.4 cm³/mol. The van der Waals surface area contributed by atoms with E-state index in [-0.39, 0.29) is 24.4 Å². The van der Waals surface area contributed by atoms with Crippen molar-refractivity contribution < 1.29 is 4.79 Å². The summed E-state index contributed by atoms with van der Waals surface area (Å²) in [6.07, 6.45) is 3.50. The molecule has 2 N–H and O–H groups in total. The summed E-state index contributed by atoms with van der Waals surface area (Å²) in [7, 11) is 0. The standard InChI is InChI=1S/C15H19ClN2O.ClH/c16-12-5-1-3-10(7-12)15(19)18-8-11-4-2-6-14(17)13(11)9-18;/h1,3,5,7,11,13-14H,2,4,6,8-9,17H2;1H. The Morgan fingerprint density at radius 1 is 1.30 bits per heavy atom. The first kappa shape index (κ1) is 15.6. The Labute approximate surface area is 130 Å². The van der Waals surface area contributed by atoms with Crippen LogP contribution in [0.25, 0.3) is 0 Å². The lowest BCUT2D eigenvalue weighted by Gasteiger charge is -2.29. The number of carbonyl (C=O) groups is 1. The number of halogens is 2. The van der Waals surface area contributed by atoms with Crippen molar-refractivity contribution in [1.82, 2.24) is 4.90 Å². The molecule has 1 saturated carbocycles. The lowest BCUT2D eigenvalue weighted by atomic mass is 9.78. The van der Waals surface area contributed by atoms with Crippen molar-refractivity contribution in [3.8, 4) is 0 Å². The highest BCUT2D eigenvalue weighted by molar-refractivity contribution is 6.30. The third-order valence-corrected chi connectivity index (χ3v) is 4.75. The molecule has 2 fully saturated rings. The molecule has 20 heavy (non-hydrogen) atoms. The average Bonchev–Trinajstić information content (AvgIpc) is 2.83. The van der Waals surface area contributed by atoms with E-state index in [1.807, 2.05) is 17.0 Å². The summed E-state index contributed by atoms with van der Waals surface area (Å²) in [5.74, 6) is 1.16. The highest BCUT2D eigenvalue weighted by Crippen LogP contribution is 2.36. The number of likely N-dealkylation sites (tertiary alicyclic amines) is 1. The molecule has 3 unspecified atom stereocenters. The van der Waals surface area contributed by atoms with E-state index in [2.05, 4.69) is 0 Å². The highest BCUT2D eigenvalue weighted by Gasteiger charge is 2.40. The van der Waals surface area contributed by atoms with Gasteiger partial charge in [0.25, 0.3) is 5.91 Å². The topological polar surface area (TPSA) is 46.3 Å². The van der Waals surface area contributed by atoms with Crippen LogP contribution in [-0.4, -0.2) is 29.9 Å². The van der Waals surface area contributed by atoms with E-state index in [1.165, 1.54) is 12.8 Å². The maximum atomic E-state index is 12.5. The van der Waals surface area contributed by atoms with Crippen molar-refractivity contribution in [2.75, 3.05) is 13.1 Å². The molecular formula is C15H20Cl2N2O. The number of rotatable bonds is 1. The summed E-state index contributed by atoms with van der Waals surface area (Å²) >= 11 is 5.95. The minimum absolute atomic E-state index is 0. The Bertz CT molecular complexity index is 495. The Hall–Kier alpha value is -0.770. The van der Waals surface area contributed by atoms with Gasteiger partial charge in [-0.25, -0.2) is 0 Å². The molecule has 110 valence electrons. The van der Waals surface area contributed by atoms with E-state index >= 15 is 0 Å². The Morgan fingerprint density at radius 3 is 2.80 bits per heavy atom. The van der Waals surface area contributed by atoms with E-state index in [1.54, 1.807) is 12.1 Å². The summed E-state index contributed by atoms with van der Waals surface area (Å²) < 4.78 is 0. The van der Waals surface area contributed by atoms with Crippen molar-refractivity contribution in [2.45, 2.75) is 25.3 Å². The molecule has 2 aliphatic rings. The molecule has 1 amide bonds. The summed E-state index contributed by atoms with van der Waals surface area (Å²) in [5.41, 5.74) is 6.87. The monoisotopic (exact) mass is 314 g/mol. The fourth-order valence-corrected chi connectivity index (χ4v) is 3.68. The van der Waals surface area contributed by atoms with Crippen LogP contribution >= 0.6 is 24.0 Å². The van der Waals surface area contributed by atoms with Crippen molar-refractivity contribution >= 4 is 29.9 Å². The molecule has 1 aliphatic carbocycles. The first-order valence-corrected chi connectivity index (χ1v) is 7.33. The van der Waals surface area contributed by atoms with Crippen LogP contribution in [0.15, 0.2) is 24.3 Å². The molecule has 1 heterocycles. The number of nitrogens with two attached hydrogens (primary N) is 1. The number of fused-ring (bicyclic) bond motifs is 1. The maximum absolute atomic E-state index is 12.5. The maximum Gasteiger partial charge on any atom is 0.253 e. The van der Waals surface area contributed by atoms with E-state index in [4.69, 9.17) is 17.3 Å². The van der Waals surface area contributed by atoms with Gasteiger partial charge in [-0.15, -0.1) is 12.4 Å². The van der Waals surface area contributed by atoms with Crippen LogP contribution in [0.2, 0.25) is 5.02 Å². The van der Waals surface area contributed by atoms with Gasteiger partial charge in [-0.2, -0.15) is 0 Å². The van der Waals surface area contributed by atoms with Crippen LogP contribution in [-0.2, 0) is 0 Å². The minimum atomic E-state index is 0. The number of benzene rings is 1. The van der Waals surface area contributed by atoms with Gasteiger partial charge in [0.2, 0.25) is 0 Å². The van der Waals surface area contributed by atoms with Crippen LogP contribution < -0.4 is 5.73 Å². The zero-order chi connectivity index (χ0) is 13.4. The minimum Gasteiger partial charge on any atom is -0.338 e. The molecule has 0 spiro atoms. The van der Waals surface area contributed by atoms with Gasteiger partial charge in [0.15, 0.2) is 0 Å². The summed E-state index contributed by atoms with van der Waals surface area (Å²) in [5, 5.41) is 0.610. The number of amides is 1. The fourth-order valence-electron chi connectivity index (χ4n) is 3.49.